The van der Waals surface area contributed by atoms with Gasteiger partial charge in [0.05, 0.1) is 0 Å². The molecule has 0 unspecified atom stereocenters. The third-order valence-corrected chi connectivity index (χ3v) is 4.09. The van der Waals surface area contributed by atoms with Gasteiger partial charge in [-0.05, 0) is 43.2 Å². The van der Waals surface area contributed by atoms with Crippen molar-refractivity contribution in [2.45, 2.75) is 33.0 Å². The summed E-state index contributed by atoms with van der Waals surface area (Å²) >= 11 is 6.17. The van der Waals surface area contributed by atoms with Crippen LogP contribution in [0.4, 0.5) is 10.5 Å². The highest BCUT2D eigenvalue weighted by Gasteiger charge is 2.04. The van der Waals surface area contributed by atoms with Crippen LogP contribution in [-0.4, -0.2) is 25.1 Å². The Morgan fingerprint density at radius 3 is 2.33 bits per heavy atom. The third kappa shape index (κ3) is 7.19. The zero-order valence-electron chi connectivity index (χ0n) is 15.8. The second kappa shape index (κ2) is 10.4. The van der Waals surface area contributed by atoms with Crippen molar-refractivity contribution < 1.29 is 4.79 Å². The number of benzene rings is 2. The molecule has 4 N–H and O–H groups in total. The maximum Gasteiger partial charge on any atom is 0.319 e. The first-order valence-electron chi connectivity index (χ1n) is 8.82. The van der Waals surface area contributed by atoms with Gasteiger partial charge in [-0.15, -0.1) is 0 Å². The Bertz CT molecular complexity index is 774. The van der Waals surface area contributed by atoms with Gasteiger partial charge in [-0.25, -0.2) is 4.79 Å². The lowest BCUT2D eigenvalue weighted by Gasteiger charge is -2.13. The van der Waals surface area contributed by atoms with E-state index < -0.39 is 0 Å². The van der Waals surface area contributed by atoms with Crippen LogP contribution in [0.2, 0.25) is 5.02 Å². The molecule has 0 bridgehead atoms. The van der Waals surface area contributed by atoms with Gasteiger partial charge in [0, 0.05) is 36.9 Å². The minimum atomic E-state index is -0.208. The molecule has 2 amide bonds. The molecule has 7 heteroatoms. The number of carbonyl (C=O) groups excluding carboxylic acids is 1. The average Bonchev–Trinajstić information content (AvgIpc) is 2.63. The quantitative estimate of drug-likeness (QED) is 0.450. The summed E-state index contributed by atoms with van der Waals surface area (Å²) in [5.74, 6) is 0.688. The Morgan fingerprint density at radius 1 is 1.04 bits per heavy atom. The molecule has 144 valence electrons. The van der Waals surface area contributed by atoms with Crippen molar-refractivity contribution in [3.8, 4) is 0 Å². The van der Waals surface area contributed by atoms with Crippen LogP contribution in [0.15, 0.2) is 53.5 Å². The minimum Gasteiger partial charge on any atom is -0.352 e. The zero-order chi connectivity index (χ0) is 19.6. The number of nitrogens with zero attached hydrogens (tertiary/aromatic N) is 1. The van der Waals surface area contributed by atoms with Crippen LogP contribution < -0.4 is 21.3 Å². The highest BCUT2D eigenvalue weighted by Crippen LogP contribution is 2.14. The van der Waals surface area contributed by atoms with E-state index in [1.807, 2.05) is 62.4 Å². The number of hydrogen-bond acceptors (Lipinski definition) is 2. The van der Waals surface area contributed by atoms with Gasteiger partial charge in [-0.2, -0.15) is 0 Å². The second-order valence-electron chi connectivity index (χ2n) is 6.32. The largest absolute Gasteiger partial charge is 0.352 e. The minimum absolute atomic E-state index is 0.0958. The monoisotopic (exact) mass is 387 g/mol. The Labute approximate surface area is 165 Å². The molecular formula is C20H26ClN5O. The van der Waals surface area contributed by atoms with Gasteiger partial charge in [0.2, 0.25) is 0 Å². The van der Waals surface area contributed by atoms with E-state index in [0.717, 1.165) is 21.8 Å². The number of guanidine groups is 1. The lowest BCUT2D eigenvalue weighted by molar-refractivity contribution is 0.250. The highest BCUT2D eigenvalue weighted by molar-refractivity contribution is 6.31. The molecule has 0 atom stereocenters. The third-order valence-electron chi connectivity index (χ3n) is 3.72. The number of carbonyl (C=O) groups is 1. The maximum absolute atomic E-state index is 11.7. The predicted octanol–water partition coefficient (Wildman–Crippen LogP) is 3.74. The number of hydrogen-bond donors (Lipinski definition) is 4. The van der Waals surface area contributed by atoms with E-state index >= 15 is 0 Å². The fraction of sp³-hybridized carbons (Fsp3) is 0.300. The van der Waals surface area contributed by atoms with E-state index in [1.54, 1.807) is 7.05 Å². The lowest BCUT2D eigenvalue weighted by Crippen LogP contribution is -2.36. The summed E-state index contributed by atoms with van der Waals surface area (Å²) in [6.45, 7) is 5.04. The normalized spacial score (nSPS) is 11.2. The number of nitrogens with one attached hydrogen (secondary N) is 4. The molecular weight excluding hydrogens is 362 g/mol. The molecule has 0 aliphatic rings. The summed E-state index contributed by atoms with van der Waals surface area (Å²) in [5, 5.41) is 12.8. The summed E-state index contributed by atoms with van der Waals surface area (Å²) in [4.78, 5) is 15.9. The van der Waals surface area contributed by atoms with E-state index in [9.17, 15) is 4.79 Å². The Morgan fingerprint density at radius 2 is 1.70 bits per heavy atom. The number of halogens is 1. The molecule has 27 heavy (non-hydrogen) atoms. The van der Waals surface area contributed by atoms with E-state index in [1.165, 1.54) is 0 Å². The van der Waals surface area contributed by atoms with Crippen molar-refractivity contribution in [3.05, 3.63) is 64.7 Å². The van der Waals surface area contributed by atoms with E-state index in [4.69, 9.17) is 11.6 Å². The smallest absolute Gasteiger partial charge is 0.319 e. The fourth-order valence-electron chi connectivity index (χ4n) is 2.36. The zero-order valence-corrected chi connectivity index (χ0v) is 16.6. The molecule has 0 aromatic heterocycles. The summed E-state index contributed by atoms with van der Waals surface area (Å²) in [5.41, 5.74) is 2.83. The van der Waals surface area contributed by atoms with Gasteiger partial charge in [0.25, 0.3) is 0 Å². The van der Waals surface area contributed by atoms with E-state index in [0.29, 0.717) is 19.0 Å². The number of anilines is 1. The molecule has 2 aromatic carbocycles. The van der Waals surface area contributed by atoms with Crippen LogP contribution in [0.25, 0.3) is 0 Å². The van der Waals surface area contributed by atoms with Crippen molar-refractivity contribution in [1.29, 1.82) is 0 Å². The first-order valence-corrected chi connectivity index (χ1v) is 9.20. The molecule has 0 spiro atoms. The van der Waals surface area contributed by atoms with Crippen molar-refractivity contribution in [2.24, 2.45) is 4.99 Å². The van der Waals surface area contributed by atoms with Gasteiger partial charge in [0.1, 0.15) is 0 Å². The number of urea groups is 1. The van der Waals surface area contributed by atoms with E-state index in [-0.39, 0.29) is 12.1 Å². The van der Waals surface area contributed by atoms with Crippen LogP contribution >= 0.6 is 11.6 Å². The van der Waals surface area contributed by atoms with Gasteiger partial charge < -0.3 is 21.3 Å². The maximum atomic E-state index is 11.7. The number of aliphatic imine (C=N–C) groups is 1. The van der Waals surface area contributed by atoms with Crippen LogP contribution in [0.5, 0.6) is 0 Å². The van der Waals surface area contributed by atoms with Crippen LogP contribution in [0.1, 0.15) is 25.0 Å². The number of rotatable bonds is 6. The SMILES string of the molecule is CN=C(NCc1ccc(NC(=O)NC(C)C)cc1)NCc1ccccc1Cl. The fourth-order valence-corrected chi connectivity index (χ4v) is 2.56. The predicted molar refractivity (Wildman–Crippen MR) is 112 cm³/mol. The van der Waals surface area contributed by atoms with Crippen molar-refractivity contribution in [1.82, 2.24) is 16.0 Å². The molecule has 0 radical (unpaired) electrons. The van der Waals surface area contributed by atoms with Crippen molar-refractivity contribution in [3.63, 3.8) is 0 Å². The van der Waals surface area contributed by atoms with Gasteiger partial charge in [0.15, 0.2) is 5.96 Å². The number of amides is 2. The topological polar surface area (TPSA) is 77.5 Å². The molecule has 6 nitrogen and oxygen atoms in total. The molecule has 0 fully saturated rings. The lowest BCUT2D eigenvalue weighted by atomic mass is 10.2. The summed E-state index contributed by atoms with van der Waals surface area (Å²) in [6.07, 6.45) is 0. The molecule has 2 aromatic rings. The van der Waals surface area contributed by atoms with Gasteiger partial charge in [-0.1, -0.05) is 41.9 Å². The van der Waals surface area contributed by atoms with Crippen molar-refractivity contribution >= 4 is 29.3 Å². The van der Waals surface area contributed by atoms with Gasteiger partial charge >= 0.3 is 6.03 Å². The van der Waals surface area contributed by atoms with Gasteiger partial charge in [-0.3, -0.25) is 4.99 Å². The second-order valence-corrected chi connectivity index (χ2v) is 6.73. The summed E-state index contributed by atoms with van der Waals surface area (Å²) in [7, 11) is 1.72. The molecule has 0 saturated heterocycles. The first-order chi connectivity index (χ1) is 13.0. The molecule has 0 aliphatic carbocycles. The van der Waals surface area contributed by atoms with E-state index in [2.05, 4.69) is 26.3 Å². The Kier molecular flexibility index (Phi) is 7.95. The van der Waals surface area contributed by atoms with Crippen molar-refractivity contribution in [2.75, 3.05) is 12.4 Å². The highest BCUT2D eigenvalue weighted by atomic mass is 35.5. The Hall–Kier alpha value is -2.73. The molecule has 0 heterocycles. The first kappa shape index (κ1) is 20.6. The van der Waals surface area contributed by atoms with Crippen LogP contribution in [0.3, 0.4) is 0 Å². The average molecular weight is 388 g/mol. The summed E-state index contributed by atoms with van der Waals surface area (Å²) < 4.78 is 0. The molecule has 2 rings (SSSR count). The standard InChI is InChI=1S/C20H26ClN5O/c1-14(2)25-20(27)26-17-10-8-15(9-11-17)12-23-19(22-3)24-13-16-6-4-5-7-18(16)21/h4-11,14H,12-13H2,1-3H3,(H2,22,23,24)(H2,25,26,27). The molecule has 0 saturated carbocycles. The Balaban J connectivity index is 1.82. The van der Waals surface area contributed by atoms with Crippen LogP contribution in [0, 0.1) is 0 Å². The molecule has 0 aliphatic heterocycles. The van der Waals surface area contributed by atoms with Crippen LogP contribution in [-0.2, 0) is 13.1 Å². The summed E-state index contributed by atoms with van der Waals surface area (Å²) in [6, 6.07) is 15.3.